The van der Waals surface area contributed by atoms with Gasteiger partial charge in [-0.05, 0) is 52.4 Å². The maximum absolute atomic E-state index is 12.7. The fourth-order valence-electron chi connectivity index (χ4n) is 2.67. The molecule has 0 radical (unpaired) electrons. The third-order valence-electron chi connectivity index (χ3n) is 3.57. The average molecular weight is 356 g/mol. The standard InChI is InChI=1S/C15H12BrClOS/c16-12-8-13(19-15(12)17)14(18)11-7-3-5-9-4-1-2-6-10(9)11/h1-2,4,6,8,11H,3,5,7H2. The zero-order valence-electron chi connectivity index (χ0n) is 10.2. The molecule has 0 N–H and O–H groups in total. The molecule has 0 saturated carbocycles. The molecule has 1 unspecified atom stereocenters. The summed E-state index contributed by atoms with van der Waals surface area (Å²) < 4.78 is 1.46. The van der Waals surface area contributed by atoms with Gasteiger partial charge in [0.15, 0.2) is 5.78 Å². The highest BCUT2D eigenvalue weighted by Crippen LogP contribution is 2.38. The van der Waals surface area contributed by atoms with Crippen LogP contribution < -0.4 is 0 Å². The van der Waals surface area contributed by atoms with E-state index in [0.717, 1.165) is 28.6 Å². The lowest BCUT2D eigenvalue weighted by atomic mass is 9.80. The van der Waals surface area contributed by atoms with Gasteiger partial charge in [0.1, 0.15) is 4.34 Å². The molecule has 2 aromatic rings. The molecule has 0 bridgehead atoms. The van der Waals surface area contributed by atoms with Crippen molar-refractivity contribution in [3.8, 4) is 0 Å². The summed E-state index contributed by atoms with van der Waals surface area (Å²) in [6, 6.07) is 10.1. The van der Waals surface area contributed by atoms with Crippen molar-refractivity contribution >= 4 is 44.7 Å². The molecule has 98 valence electrons. The summed E-state index contributed by atoms with van der Waals surface area (Å²) in [6.07, 6.45) is 3.09. The van der Waals surface area contributed by atoms with Crippen LogP contribution in [0.5, 0.6) is 0 Å². The van der Waals surface area contributed by atoms with Crippen molar-refractivity contribution in [2.24, 2.45) is 0 Å². The van der Waals surface area contributed by atoms with Crippen LogP contribution in [0.25, 0.3) is 0 Å². The molecule has 1 aliphatic carbocycles. The monoisotopic (exact) mass is 354 g/mol. The van der Waals surface area contributed by atoms with Crippen LogP contribution >= 0.6 is 38.9 Å². The van der Waals surface area contributed by atoms with E-state index in [-0.39, 0.29) is 11.7 Å². The fourth-order valence-corrected chi connectivity index (χ4v) is 4.36. The first-order valence-corrected chi connectivity index (χ1v) is 8.22. The van der Waals surface area contributed by atoms with Gasteiger partial charge in [-0.2, -0.15) is 0 Å². The number of Topliss-reactive ketones (excluding diaryl/α,β-unsaturated/α-hetero) is 1. The first-order valence-electron chi connectivity index (χ1n) is 6.23. The Labute approximate surface area is 129 Å². The molecule has 1 aromatic carbocycles. The lowest BCUT2D eigenvalue weighted by molar-refractivity contribution is 0.0955. The molecular weight excluding hydrogens is 344 g/mol. The molecule has 4 heteroatoms. The Hall–Kier alpha value is -0.640. The molecule has 0 aliphatic heterocycles. The Morgan fingerprint density at radius 3 is 2.89 bits per heavy atom. The number of rotatable bonds is 2. The van der Waals surface area contributed by atoms with Gasteiger partial charge in [0.25, 0.3) is 0 Å². The molecular formula is C15H12BrClOS. The first kappa shape index (κ1) is 13.3. The molecule has 1 atom stereocenters. The molecule has 19 heavy (non-hydrogen) atoms. The van der Waals surface area contributed by atoms with Crippen molar-refractivity contribution < 1.29 is 4.79 Å². The molecule has 1 aliphatic rings. The Kier molecular flexibility index (Phi) is 3.79. The van der Waals surface area contributed by atoms with E-state index < -0.39 is 0 Å². The second-order valence-electron chi connectivity index (χ2n) is 4.74. The van der Waals surface area contributed by atoms with Crippen LogP contribution in [0.3, 0.4) is 0 Å². The fraction of sp³-hybridized carbons (Fsp3) is 0.267. The number of carbonyl (C=O) groups is 1. The molecule has 0 amide bonds. The number of aryl methyl sites for hydroxylation is 1. The Morgan fingerprint density at radius 1 is 1.37 bits per heavy atom. The van der Waals surface area contributed by atoms with E-state index in [0.29, 0.717) is 4.34 Å². The van der Waals surface area contributed by atoms with Crippen molar-refractivity contribution in [3.63, 3.8) is 0 Å². The zero-order valence-corrected chi connectivity index (χ0v) is 13.3. The van der Waals surface area contributed by atoms with Crippen LogP contribution in [0.4, 0.5) is 0 Å². The van der Waals surface area contributed by atoms with E-state index in [2.05, 4.69) is 28.1 Å². The molecule has 0 spiro atoms. The summed E-state index contributed by atoms with van der Waals surface area (Å²) in [5, 5.41) is 0. The smallest absolute Gasteiger partial charge is 0.180 e. The van der Waals surface area contributed by atoms with Gasteiger partial charge >= 0.3 is 0 Å². The summed E-state index contributed by atoms with van der Waals surface area (Å²) in [5.74, 6) is 0.191. The summed E-state index contributed by atoms with van der Waals surface area (Å²) in [6.45, 7) is 0. The van der Waals surface area contributed by atoms with Crippen molar-refractivity contribution in [2.45, 2.75) is 25.2 Å². The largest absolute Gasteiger partial charge is 0.293 e. The normalized spacial score (nSPS) is 18.1. The number of halogens is 2. The molecule has 0 fully saturated rings. The maximum Gasteiger partial charge on any atom is 0.180 e. The summed E-state index contributed by atoms with van der Waals surface area (Å²) in [7, 11) is 0. The van der Waals surface area contributed by atoms with Gasteiger partial charge in [-0.25, -0.2) is 0 Å². The Bertz CT molecular complexity index is 615. The van der Waals surface area contributed by atoms with Gasteiger partial charge in [-0.1, -0.05) is 35.9 Å². The van der Waals surface area contributed by atoms with Gasteiger partial charge in [-0.15, -0.1) is 11.3 Å². The topological polar surface area (TPSA) is 17.1 Å². The van der Waals surface area contributed by atoms with Crippen molar-refractivity contribution in [2.75, 3.05) is 0 Å². The molecule has 1 nitrogen and oxygen atoms in total. The van der Waals surface area contributed by atoms with Gasteiger partial charge in [0.05, 0.1) is 4.88 Å². The second kappa shape index (κ2) is 5.39. The Balaban J connectivity index is 1.97. The molecule has 3 rings (SSSR count). The zero-order chi connectivity index (χ0) is 13.4. The first-order chi connectivity index (χ1) is 9.16. The van der Waals surface area contributed by atoms with E-state index in [1.54, 1.807) is 0 Å². The summed E-state index contributed by atoms with van der Waals surface area (Å²) >= 11 is 10.8. The lowest BCUT2D eigenvalue weighted by Crippen LogP contribution is -2.17. The number of thiophene rings is 1. The number of carbonyl (C=O) groups excluding carboxylic acids is 1. The third-order valence-corrected chi connectivity index (χ3v) is 6.06. The molecule has 0 saturated heterocycles. The minimum absolute atomic E-state index is 0.00781. The van der Waals surface area contributed by atoms with Gasteiger partial charge < -0.3 is 0 Å². The third kappa shape index (κ3) is 2.51. The van der Waals surface area contributed by atoms with Crippen molar-refractivity contribution in [1.29, 1.82) is 0 Å². The van der Waals surface area contributed by atoms with Crippen LogP contribution in [-0.2, 0) is 6.42 Å². The van der Waals surface area contributed by atoms with Crippen LogP contribution in [0.1, 0.15) is 39.6 Å². The SMILES string of the molecule is O=C(c1cc(Br)c(Cl)s1)C1CCCc2ccccc21. The van der Waals surface area contributed by atoms with Crippen LogP contribution in [0.2, 0.25) is 4.34 Å². The van der Waals surface area contributed by atoms with E-state index in [1.807, 2.05) is 18.2 Å². The summed E-state index contributed by atoms with van der Waals surface area (Å²) in [5.41, 5.74) is 2.51. The minimum Gasteiger partial charge on any atom is -0.293 e. The van der Waals surface area contributed by atoms with Gasteiger partial charge in [-0.3, -0.25) is 4.79 Å². The quantitative estimate of drug-likeness (QED) is 0.653. The Morgan fingerprint density at radius 2 is 2.16 bits per heavy atom. The number of hydrogen-bond acceptors (Lipinski definition) is 2. The lowest BCUT2D eigenvalue weighted by Gasteiger charge is -2.23. The number of benzene rings is 1. The van der Waals surface area contributed by atoms with Crippen LogP contribution in [0, 0.1) is 0 Å². The average Bonchev–Trinajstić information content (AvgIpc) is 2.77. The molecule has 1 heterocycles. The van der Waals surface area contributed by atoms with E-state index >= 15 is 0 Å². The van der Waals surface area contributed by atoms with E-state index in [4.69, 9.17) is 11.6 Å². The predicted molar refractivity (Wildman–Crippen MR) is 83.5 cm³/mol. The van der Waals surface area contributed by atoms with Crippen molar-refractivity contribution in [3.05, 3.63) is 55.1 Å². The highest BCUT2D eigenvalue weighted by molar-refractivity contribution is 9.10. The summed E-state index contributed by atoms with van der Waals surface area (Å²) in [4.78, 5) is 13.4. The highest BCUT2D eigenvalue weighted by Gasteiger charge is 2.28. The van der Waals surface area contributed by atoms with Crippen molar-refractivity contribution in [1.82, 2.24) is 0 Å². The van der Waals surface area contributed by atoms with Gasteiger partial charge in [0.2, 0.25) is 0 Å². The van der Waals surface area contributed by atoms with Crippen LogP contribution in [0.15, 0.2) is 34.8 Å². The molecule has 1 aromatic heterocycles. The van der Waals surface area contributed by atoms with E-state index in [9.17, 15) is 4.79 Å². The number of ketones is 1. The maximum atomic E-state index is 12.7. The highest BCUT2D eigenvalue weighted by atomic mass is 79.9. The second-order valence-corrected chi connectivity index (χ2v) is 7.25. The predicted octanol–water partition coefficient (Wildman–Crippen LogP) is 5.47. The number of hydrogen-bond donors (Lipinski definition) is 0. The minimum atomic E-state index is -0.00781. The van der Waals surface area contributed by atoms with Gasteiger partial charge in [0, 0.05) is 10.4 Å². The van der Waals surface area contributed by atoms with E-state index in [1.165, 1.54) is 22.5 Å². The number of fused-ring (bicyclic) bond motifs is 1. The van der Waals surface area contributed by atoms with Crippen LogP contribution in [-0.4, -0.2) is 5.78 Å².